The molecule has 0 spiro atoms. The molecule has 0 aliphatic heterocycles. The lowest BCUT2D eigenvalue weighted by molar-refractivity contribution is 0.340. The van der Waals surface area contributed by atoms with Crippen LogP contribution in [0.4, 0.5) is 0 Å². The molecular weight excluding hydrogens is 378 g/mol. The van der Waals surface area contributed by atoms with Gasteiger partial charge in [-0.1, -0.05) is 44.2 Å². The highest BCUT2D eigenvalue weighted by molar-refractivity contribution is 7.99. The summed E-state index contributed by atoms with van der Waals surface area (Å²) in [6.45, 7) is 7.11. The van der Waals surface area contributed by atoms with Gasteiger partial charge in [-0.3, -0.25) is 0 Å². The summed E-state index contributed by atoms with van der Waals surface area (Å²) in [7, 11) is 0. The second kappa shape index (κ2) is 8.70. The Morgan fingerprint density at radius 3 is 2.45 bits per heavy atom. The Morgan fingerprint density at radius 2 is 1.76 bits per heavy atom. The smallest absolute Gasteiger partial charge is 0.149 e. The largest absolute Gasteiger partial charge is 0.494 e. The van der Waals surface area contributed by atoms with Gasteiger partial charge in [0.25, 0.3) is 0 Å². The molecule has 148 valence electrons. The van der Waals surface area contributed by atoms with Gasteiger partial charge in [-0.25, -0.2) is 9.97 Å². The molecule has 0 radical (unpaired) electrons. The summed E-state index contributed by atoms with van der Waals surface area (Å²) in [6.07, 6.45) is 3.84. The van der Waals surface area contributed by atoms with E-state index in [1.807, 2.05) is 25.1 Å². The normalized spacial score (nSPS) is 11.3. The monoisotopic (exact) mass is 403 g/mol. The molecule has 0 N–H and O–H groups in total. The zero-order valence-electron chi connectivity index (χ0n) is 17.0. The lowest BCUT2D eigenvalue weighted by atomic mass is 10.1. The number of ether oxygens (including phenoxy) is 1. The number of benzene rings is 2. The molecule has 2 aromatic heterocycles. The molecule has 0 unspecified atom stereocenters. The van der Waals surface area contributed by atoms with E-state index in [1.54, 1.807) is 18.1 Å². The van der Waals surface area contributed by atoms with Gasteiger partial charge in [-0.15, -0.1) is 11.8 Å². The molecule has 5 heteroatoms. The van der Waals surface area contributed by atoms with E-state index in [1.165, 1.54) is 5.56 Å². The summed E-state index contributed by atoms with van der Waals surface area (Å²) in [6, 6.07) is 18.6. The standard InChI is InChI=1S/C24H25N3OS/c1-4-28-20-12-10-19(11-13-20)27-14-21(18-8-6-5-7-9-18)22-23(27)25-16-26-24(22)29-15-17(2)3/h5-14,16-17H,4,15H2,1-3H3. The van der Waals surface area contributed by atoms with Gasteiger partial charge in [0.05, 0.1) is 12.0 Å². The molecule has 0 fully saturated rings. The van der Waals surface area contributed by atoms with Crippen LogP contribution in [-0.4, -0.2) is 26.9 Å². The van der Waals surface area contributed by atoms with Crippen LogP contribution in [0.25, 0.3) is 27.8 Å². The van der Waals surface area contributed by atoms with Gasteiger partial charge in [-0.2, -0.15) is 0 Å². The number of fused-ring (bicyclic) bond motifs is 1. The Balaban J connectivity index is 1.88. The van der Waals surface area contributed by atoms with Crippen LogP contribution in [0.1, 0.15) is 20.8 Å². The van der Waals surface area contributed by atoms with Crippen LogP contribution in [0.3, 0.4) is 0 Å². The fourth-order valence-electron chi connectivity index (χ4n) is 3.29. The molecule has 4 aromatic rings. The number of aromatic nitrogens is 3. The lowest BCUT2D eigenvalue weighted by Gasteiger charge is -2.08. The summed E-state index contributed by atoms with van der Waals surface area (Å²) in [5.41, 5.74) is 4.30. The lowest BCUT2D eigenvalue weighted by Crippen LogP contribution is -1.97. The van der Waals surface area contributed by atoms with Crippen molar-refractivity contribution in [2.75, 3.05) is 12.4 Å². The summed E-state index contributed by atoms with van der Waals surface area (Å²) >= 11 is 1.80. The van der Waals surface area contributed by atoms with Crippen molar-refractivity contribution in [3.63, 3.8) is 0 Å². The Bertz CT molecular complexity index is 1090. The van der Waals surface area contributed by atoms with E-state index in [0.717, 1.165) is 38.8 Å². The highest BCUT2D eigenvalue weighted by atomic mass is 32.2. The predicted molar refractivity (Wildman–Crippen MR) is 121 cm³/mol. The van der Waals surface area contributed by atoms with Gasteiger partial charge >= 0.3 is 0 Å². The quantitative estimate of drug-likeness (QED) is 0.271. The van der Waals surface area contributed by atoms with E-state index >= 15 is 0 Å². The summed E-state index contributed by atoms with van der Waals surface area (Å²) in [5.74, 6) is 2.49. The van der Waals surface area contributed by atoms with Crippen LogP contribution in [0.15, 0.2) is 72.1 Å². The maximum absolute atomic E-state index is 5.59. The number of hydrogen-bond acceptors (Lipinski definition) is 4. The molecule has 4 rings (SSSR count). The van der Waals surface area contributed by atoms with Gasteiger partial charge < -0.3 is 9.30 Å². The fraction of sp³-hybridized carbons (Fsp3) is 0.250. The topological polar surface area (TPSA) is 39.9 Å². The number of nitrogens with zero attached hydrogens (tertiary/aromatic N) is 3. The van der Waals surface area contributed by atoms with E-state index in [9.17, 15) is 0 Å². The maximum Gasteiger partial charge on any atom is 0.149 e. The molecule has 29 heavy (non-hydrogen) atoms. The summed E-state index contributed by atoms with van der Waals surface area (Å²) in [5, 5.41) is 2.14. The van der Waals surface area contributed by atoms with Gasteiger partial charge in [0.1, 0.15) is 22.7 Å². The first-order chi connectivity index (χ1) is 14.2. The van der Waals surface area contributed by atoms with Crippen LogP contribution < -0.4 is 4.74 Å². The van der Waals surface area contributed by atoms with E-state index in [0.29, 0.717) is 12.5 Å². The molecule has 4 nitrogen and oxygen atoms in total. The minimum Gasteiger partial charge on any atom is -0.494 e. The molecule has 0 amide bonds. The SMILES string of the molecule is CCOc1ccc(-n2cc(-c3ccccc3)c3c(SCC(C)C)ncnc32)cc1. The van der Waals surface area contributed by atoms with Crippen LogP contribution in [0, 0.1) is 5.92 Å². The van der Waals surface area contributed by atoms with Crippen LogP contribution in [0.2, 0.25) is 0 Å². The molecule has 2 aromatic carbocycles. The van der Waals surface area contributed by atoms with Gasteiger partial charge in [0.2, 0.25) is 0 Å². The molecule has 2 heterocycles. The number of thioether (sulfide) groups is 1. The Morgan fingerprint density at radius 1 is 1.00 bits per heavy atom. The van der Waals surface area contributed by atoms with Crippen LogP contribution >= 0.6 is 11.8 Å². The first-order valence-electron chi connectivity index (χ1n) is 9.95. The minimum absolute atomic E-state index is 0.596. The van der Waals surface area contributed by atoms with Crippen molar-refractivity contribution < 1.29 is 4.74 Å². The minimum atomic E-state index is 0.596. The van der Waals surface area contributed by atoms with Crippen molar-refractivity contribution in [1.82, 2.24) is 14.5 Å². The highest BCUT2D eigenvalue weighted by Crippen LogP contribution is 2.37. The van der Waals surface area contributed by atoms with Crippen molar-refractivity contribution in [3.8, 4) is 22.6 Å². The van der Waals surface area contributed by atoms with Gasteiger partial charge in [0, 0.05) is 23.2 Å². The number of rotatable bonds is 7. The second-order valence-electron chi connectivity index (χ2n) is 7.29. The van der Waals surface area contributed by atoms with Gasteiger partial charge in [0.15, 0.2) is 0 Å². The third-order valence-electron chi connectivity index (χ3n) is 4.61. The summed E-state index contributed by atoms with van der Waals surface area (Å²) < 4.78 is 7.74. The molecule has 0 bridgehead atoms. The third kappa shape index (κ3) is 4.15. The zero-order valence-corrected chi connectivity index (χ0v) is 17.8. The Hall–Kier alpha value is -2.79. The zero-order chi connectivity index (χ0) is 20.2. The highest BCUT2D eigenvalue weighted by Gasteiger charge is 2.17. The molecule has 0 aliphatic carbocycles. The van der Waals surface area contributed by atoms with Gasteiger partial charge in [-0.05, 0) is 42.7 Å². The Labute approximate surface area is 176 Å². The number of hydrogen-bond donors (Lipinski definition) is 0. The van der Waals surface area contributed by atoms with Crippen molar-refractivity contribution in [3.05, 3.63) is 67.1 Å². The van der Waals surface area contributed by atoms with Crippen LogP contribution in [-0.2, 0) is 0 Å². The average molecular weight is 404 g/mol. The first kappa shape index (κ1) is 19.5. The molecule has 0 saturated heterocycles. The average Bonchev–Trinajstić information content (AvgIpc) is 3.14. The van der Waals surface area contributed by atoms with E-state index in [4.69, 9.17) is 4.74 Å². The molecule has 0 atom stereocenters. The van der Waals surface area contributed by atoms with Crippen molar-refractivity contribution in [2.24, 2.45) is 5.92 Å². The van der Waals surface area contributed by atoms with E-state index in [2.05, 4.69) is 71.0 Å². The Kier molecular flexibility index (Phi) is 5.86. The van der Waals surface area contributed by atoms with Crippen molar-refractivity contribution in [2.45, 2.75) is 25.8 Å². The van der Waals surface area contributed by atoms with Crippen molar-refractivity contribution >= 4 is 22.8 Å². The fourth-order valence-corrected chi connectivity index (χ4v) is 4.25. The van der Waals surface area contributed by atoms with Crippen LogP contribution in [0.5, 0.6) is 5.75 Å². The second-order valence-corrected chi connectivity index (χ2v) is 8.30. The first-order valence-corrected chi connectivity index (χ1v) is 10.9. The molecular formula is C24H25N3OS. The predicted octanol–water partition coefficient (Wildman–Crippen LogP) is 6.23. The summed E-state index contributed by atoms with van der Waals surface area (Å²) in [4.78, 5) is 9.29. The van der Waals surface area contributed by atoms with E-state index < -0.39 is 0 Å². The molecule has 0 aliphatic rings. The third-order valence-corrected chi connectivity index (χ3v) is 6.03. The molecule has 0 saturated carbocycles. The van der Waals surface area contributed by atoms with Crippen molar-refractivity contribution in [1.29, 1.82) is 0 Å². The van der Waals surface area contributed by atoms with E-state index in [-0.39, 0.29) is 0 Å². The maximum atomic E-state index is 5.59.